The van der Waals surface area contributed by atoms with Gasteiger partial charge in [-0.2, -0.15) is 0 Å². The maximum atomic E-state index is 12.2. The van der Waals surface area contributed by atoms with E-state index in [-0.39, 0.29) is 4.90 Å². The van der Waals surface area contributed by atoms with Crippen LogP contribution in [0.1, 0.15) is 23.7 Å². The molecule has 0 atom stereocenters. The number of benzene rings is 2. The van der Waals surface area contributed by atoms with E-state index in [4.69, 9.17) is 23.2 Å². The Morgan fingerprint density at radius 2 is 1.75 bits per heavy atom. The average molecular weight is 387 g/mol. The Morgan fingerprint density at radius 1 is 1.08 bits per heavy atom. The average Bonchev–Trinajstić information content (AvgIpc) is 2.56. The van der Waals surface area contributed by atoms with Crippen LogP contribution >= 0.6 is 23.2 Å². The Kier molecular flexibility index (Phi) is 6.23. The topological polar surface area (TPSA) is 75.3 Å². The Bertz CT molecular complexity index is 837. The monoisotopic (exact) mass is 386 g/mol. The van der Waals surface area contributed by atoms with Crippen LogP contribution in [0.25, 0.3) is 0 Å². The normalized spacial score (nSPS) is 11.3. The number of carbonyl (C=O) groups is 1. The summed E-state index contributed by atoms with van der Waals surface area (Å²) in [5.74, 6) is -0.412. The lowest BCUT2D eigenvalue weighted by molar-refractivity contribution is 0.102. The third kappa shape index (κ3) is 4.70. The van der Waals surface area contributed by atoms with Crippen LogP contribution in [0.15, 0.2) is 47.4 Å². The summed E-state index contributed by atoms with van der Waals surface area (Å²) in [6.07, 6.45) is 0.695. The first-order chi connectivity index (χ1) is 11.3. The van der Waals surface area contributed by atoms with Crippen molar-refractivity contribution in [1.29, 1.82) is 0 Å². The zero-order valence-corrected chi connectivity index (χ0v) is 15.2. The molecule has 0 unspecified atom stereocenters. The zero-order valence-electron chi connectivity index (χ0n) is 12.8. The standard InChI is InChI=1S/C16H16Cl2N2O3S/c1-2-9-19-24(22,23)13-6-3-11(4-7-13)16(21)20-15-10-12(17)5-8-14(15)18/h3-8,10,19H,2,9H2,1H3,(H,20,21). The number of carbonyl (C=O) groups excluding carboxylic acids is 1. The van der Waals surface area contributed by atoms with Crippen molar-refractivity contribution in [2.75, 3.05) is 11.9 Å². The molecule has 0 heterocycles. The summed E-state index contributed by atoms with van der Waals surface area (Å²) in [6.45, 7) is 2.23. The van der Waals surface area contributed by atoms with Gasteiger partial charge in [-0.25, -0.2) is 13.1 Å². The Morgan fingerprint density at radius 3 is 2.38 bits per heavy atom. The molecule has 0 aliphatic rings. The molecule has 1 amide bonds. The molecule has 24 heavy (non-hydrogen) atoms. The second-order valence-electron chi connectivity index (χ2n) is 5.00. The lowest BCUT2D eigenvalue weighted by atomic mass is 10.2. The van der Waals surface area contributed by atoms with Gasteiger partial charge in [-0.15, -0.1) is 0 Å². The molecular formula is C16H16Cl2N2O3S. The number of rotatable bonds is 6. The van der Waals surface area contributed by atoms with Crippen LogP contribution in [0.3, 0.4) is 0 Å². The number of sulfonamides is 1. The highest BCUT2D eigenvalue weighted by molar-refractivity contribution is 7.89. The minimum Gasteiger partial charge on any atom is -0.321 e. The molecule has 0 aliphatic carbocycles. The largest absolute Gasteiger partial charge is 0.321 e. The first-order valence-electron chi connectivity index (χ1n) is 7.19. The Balaban J connectivity index is 2.15. The number of hydrogen-bond acceptors (Lipinski definition) is 3. The summed E-state index contributed by atoms with van der Waals surface area (Å²) < 4.78 is 26.5. The minimum atomic E-state index is -3.56. The first-order valence-corrected chi connectivity index (χ1v) is 9.43. The van der Waals surface area contributed by atoms with Gasteiger partial charge in [-0.1, -0.05) is 30.1 Å². The Labute approximate surface area is 151 Å². The van der Waals surface area contributed by atoms with Gasteiger partial charge in [-0.3, -0.25) is 4.79 Å². The van der Waals surface area contributed by atoms with Crippen LogP contribution in [0.5, 0.6) is 0 Å². The molecule has 0 radical (unpaired) electrons. The molecule has 8 heteroatoms. The summed E-state index contributed by atoms with van der Waals surface area (Å²) in [6, 6.07) is 10.4. The number of halogens is 2. The van der Waals surface area contributed by atoms with Crippen LogP contribution in [0.4, 0.5) is 5.69 Å². The summed E-state index contributed by atoms with van der Waals surface area (Å²) >= 11 is 11.9. The maximum Gasteiger partial charge on any atom is 0.255 e. The molecule has 0 spiro atoms. The first kappa shape index (κ1) is 18.7. The smallest absolute Gasteiger partial charge is 0.255 e. The number of anilines is 1. The quantitative estimate of drug-likeness (QED) is 0.789. The van der Waals surface area contributed by atoms with E-state index in [2.05, 4.69) is 10.0 Å². The highest BCUT2D eigenvalue weighted by Crippen LogP contribution is 2.26. The van der Waals surface area contributed by atoms with Crippen LogP contribution in [0, 0.1) is 0 Å². The van der Waals surface area contributed by atoms with Crippen molar-refractivity contribution in [2.45, 2.75) is 18.2 Å². The Hall–Kier alpha value is -1.60. The molecule has 0 aromatic heterocycles. The van der Waals surface area contributed by atoms with Crippen molar-refractivity contribution in [3.8, 4) is 0 Å². The van der Waals surface area contributed by atoms with E-state index in [1.54, 1.807) is 12.1 Å². The van der Waals surface area contributed by atoms with E-state index >= 15 is 0 Å². The molecule has 2 aromatic rings. The highest BCUT2D eigenvalue weighted by atomic mass is 35.5. The second-order valence-corrected chi connectivity index (χ2v) is 7.61. The third-order valence-corrected chi connectivity index (χ3v) is 5.19. The third-order valence-electron chi connectivity index (χ3n) is 3.15. The molecule has 0 saturated carbocycles. The number of nitrogens with one attached hydrogen (secondary N) is 2. The SMILES string of the molecule is CCCNS(=O)(=O)c1ccc(C(=O)Nc2cc(Cl)ccc2Cl)cc1. The molecule has 0 aliphatic heterocycles. The van der Waals surface area contributed by atoms with Gasteiger partial charge in [0.1, 0.15) is 0 Å². The van der Waals surface area contributed by atoms with Gasteiger partial charge in [-0.05, 0) is 48.9 Å². The van der Waals surface area contributed by atoms with Gasteiger partial charge >= 0.3 is 0 Å². The molecule has 2 N–H and O–H groups in total. The van der Waals surface area contributed by atoms with Crippen molar-refractivity contribution in [1.82, 2.24) is 4.72 Å². The van der Waals surface area contributed by atoms with E-state index < -0.39 is 15.9 Å². The van der Waals surface area contributed by atoms with E-state index in [0.29, 0.717) is 34.3 Å². The zero-order chi connectivity index (χ0) is 17.7. The number of amides is 1. The van der Waals surface area contributed by atoms with Gasteiger partial charge in [0, 0.05) is 17.1 Å². The number of hydrogen-bond donors (Lipinski definition) is 2. The predicted molar refractivity (Wildman–Crippen MR) is 96.3 cm³/mol. The van der Waals surface area contributed by atoms with Crippen LogP contribution in [-0.4, -0.2) is 20.9 Å². The van der Waals surface area contributed by atoms with Gasteiger partial charge in [0.25, 0.3) is 5.91 Å². The summed E-state index contributed by atoms with van der Waals surface area (Å²) in [5, 5.41) is 3.44. The molecule has 0 bridgehead atoms. The molecular weight excluding hydrogens is 371 g/mol. The summed E-state index contributed by atoms with van der Waals surface area (Å²) in [7, 11) is -3.56. The molecule has 0 saturated heterocycles. The van der Waals surface area contributed by atoms with Crippen LogP contribution in [0.2, 0.25) is 10.0 Å². The fourth-order valence-electron chi connectivity index (χ4n) is 1.89. The van der Waals surface area contributed by atoms with E-state index in [0.717, 1.165) is 0 Å². The second kappa shape index (κ2) is 7.98. The van der Waals surface area contributed by atoms with Crippen LogP contribution < -0.4 is 10.0 Å². The molecule has 128 valence electrons. The maximum absolute atomic E-state index is 12.2. The lowest BCUT2D eigenvalue weighted by Gasteiger charge is -2.09. The summed E-state index contributed by atoms with van der Waals surface area (Å²) in [4.78, 5) is 12.3. The van der Waals surface area contributed by atoms with Gasteiger partial charge < -0.3 is 5.32 Å². The highest BCUT2D eigenvalue weighted by Gasteiger charge is 2.14. The molecule has 2 rings (SSSR count). The van der Waals surface area contributed by atoms with Gasteiger partial charge in [0.15, 0.2) is 0 Å². The van der Waals surface area contributed by atoms with Crippen molar-refractivity contribution in [3.05, 3.63) is 58.1 Å². The predicted octanol–water partition coefficient (Wildman–Crippen LogP) is 3.93. The van der Waals surface area contributed by atoms with Crippen molar-refractivity contribution in [3.63, 3.8) is 0 Å². The van der Waals surface area contributed by atoms with Crippen molar-refractivity contribution >= 4 is 44.8 Å². The van der Waals surface area contributed by atoms with E-state index in [1.165, 1.54) is 30.3 Å². The molecule has 2 aromatic carbocycles. The van der Waals surface area contributed by atoms with Crippen molar-refractivity contribution in [2.24, 2.45) is 0 Å². The van der Waals surface area contributed by atoms with Gasteiger partial charge in [0.2, 0.25) is 10.0 Å². The summed E-state index contributed by atoms with van der Waals surface area (Å²) in [5.41, 5.74) is 0.691. The minimum absolute atomic E-state index is 0.105. The van der Waals surface area contributed by atoms with Crippen LogP contribution in [-0.2, 0) is 10.0 Å². The lowest BCUT2D eigenvalue weighted by Crippen LogP contribution is -2.24. The fourth-order valence-corrected chi connectivity index (χ4v) is 3.36. The van der Waals surface area contributed by atoms with E-state index in [1.807, 2.05) is 6.92 Å². The fraction of sp³-hybridized carbons (Fsp3) is 0.188. The van der Waals surface area contributed by atoms with Gasteiger partial charge in [0.05, 0.1) is 15.6 Å². The van der Waals surface area contributed by atoms with E-state index in [9.17, 15) is 13.2 Å². The molecule has 5 nitrogen and oxygen atoms in total. The molecule has 0 fully saturated rings. The van der Waals surface area contributed by atoms with Crippen molar-refractivity contribution < 1.29 is 13.2 Å².